The highest BCUT2D eigenvalue weighted by atomic mass is 16.6. The third kappa shape index (κ3) is 62.9. The van der Waals surface area contributed by atoms with Gasteiger partial charge in [-0.05, 0) is 44.9 Å². The van der Waals surface area contributed by atoms with Crippen molar-refractivity contribution in [3.05, 3.63) is 12.2 Å². The first-order valence-corrected chi connectivity index (χ1v) is 34.2. The molecule has 0 rings (SSSR count). The smallest absolute Gasteiger partial charge is 0.306 e. The van der Waals surface area contributed by atoms with Crippen LogP contribution >= 0.6 is 0 Å². The van der Waals surface area contributed by atoms with E-state index in [1.54, 1.807) is 0 Å². The number of allylic oxidation sites excluding steroid dienone is 2. The van der Waals surface area contributed by atoms with Crippen LogP contribution in [-0.4, -0.2) is 37.2 Å². The van der Waals surface area contributed by atoms with Gasteiger partial charge in [-0.3, -0.25) is 14.4 Å². The highest BCUT2D eigenvalue weighted by Crippen LogP contribution is 2.19. The normalized spacial score (nSPS) is 12.0. The maximum Gasteiger partial charge on any atom is 0.306 e. The van der Waals surface area contributed by atoms with Gasteiger partial charge >= 0.3 is 17.9 Å². The summed E-state index contributed by atoms with van der Waals surface area (Å²) in [6.45, 7) is 6.66. The second kappa shape index (κ2) is 64.7. The zero-order valence-electron chi connectivity index (χ0n) is 51.1. The molecule has 6 heteroatoms. The van der Waals surface area contributed by atoms with E-state index in [0.29, 0.717) is 19.3 Å². The highest BCUT2D eigenvalue weighted by Gasteiger charge is 2.19. The Morgan fingerprint density at radius 1 is 0.253 bits per heavy atom. The molecule has 75 heavy (non-hydrogen) atoms. The summed E-state index contributed by atoms with van der Waals surface area (Å²) >= 11 is 0. The van der Waals surface area contributed by atoms with Crippen molar-refractivity contribution in [2.75, 3.05) is 13.2 Å². The van der Waals surface area contributed by atoms with Crippen molar-refractivity contribution in [2.45, 2.75) is 399 Å². The Morgan fingerprint density at radius 2 is 0.440 bits per heavy atom. The first-order valence-electron chi connectivity index (χ1n) is 34.2. The Kier molecular flexibility index (Phi) is 63.1. The summed E-state index contributed by atoms with van der Waals surface area (Å²) in [6, 6.07) is 0. The van der Waals surface area contributed by atoms with Crippen LogP contribution in [0.25, 0.3) is 0 Å². The lowest BCUT2D eigenvalue weighted by Gasteiger charge is -2.18. The van der Waals surface area contributed by atoms with Crippen LogP contribution in [0.15, 0.2) is 12.2 Å². The third-order valence-electron chi connectivity index (χ3n) is 15.8. The first-order chi connectivity index (χ1) is 37.0. The van der Waals surface area contributed by atoms with Crippen LogP contribution in [0.3, 0.4) is 0 Å². The Balaban J connectivity index is 3.97. The van der Waals surface area contributed by atoms with E-state index in [2.05, 4.69) is 32.9 Å². The van der Waals surface area contributed by atoms with Gasteiger partial charge in [0.2, 0.25) is 0 Å². The maximum atomic E-state index is 12.9. The van der Waals surface area contributed by atoms with Crippen LogP contribution in [0.2, 0.25) is 0 Å². The molecule has 0 aliphatic carbocycles. The topological polar surface area (TPSA) is 78.9 Å². The molecular weight excluding hydrogens is 925 g/mol. The summed E-state index contributed by atoms with van der Waals surface area (Å²) in [4.78, 5) is 38.1. The molecule has 0 N–H and O–H groups in total. The number of carbonyl (C=O) groups excluding carboxylic acids is 3. The summed E-state index contributed by atoms with van der Waals surface area (Å²) in [6.07, 6.45) is 77.1. The molecule has 1 unspecified atom stereocenters. The molecule has 0 aromatic heterocycles. The van der Waals surface area contributed by atoms with Gasteiger partial charge in [-0.2, -0.15) is 0 Å². The van der Waals surface area contributed by atoms with Gasteiger partial charge < -0.3 is 14.2 Å². The van der Waals surface area contributed by atoms with E-state index in [-0.39, 0.29) is 31.1 Å². The van der Waals surface area contributed by atoms with E-state index in [4.69, 9.17) is 14.2 Å². The van der Waals surface area contributed by atoms with Crippen LogP contribution in [-0.2, 0) is 28.6 Å². The molecule has 444 valence electrons. The highest BCUT2D eigenvalue weighted by molar-refractivity contribution is 5.71. The average Bonchev–Trinajstić information content (AvgIpc) is 3.41. The van der Waals surface area contributed by atoms with Crippen molar-refractivity contribution in [3.63, 3.8) is 0 Å². The van der Waals surface area contributed by atoms with E-state index in [1.165, 1.54) is 295 Å². The molecule has 0 aliphatic heterocycles. The van der Waals surface area contributed by atoms with Gasteiger partial charge in [-0.1, -0.05) is 341 Å². The van der Waals surface area contributed by atoms with E-state index >= 15 is 0 Å². The lowest BCUT2D eigenvalue weighted by atomic mass is 10.0. The SMILES string of the molecule is CCCCCCCCCC/C=C\CCCCCCCCCCCCCC(=O)OC(COC(=O)CCCCCCCC)COC(=O)CCCCCCCCCCCCCCCCCCCCCCCCCCCCCC. The fourth-order valence-electron chi connectivity index (χ4n) is 10.6. The fraction of sp³-hybridized carbons (Fsp3) is 0.928. The van der Waals surface area contributed by atoms with Gasteiger partial charge in [0.25, 0.3) is 0 Å². The molecule has 0 spiro atoms. The van der Waals surface area contributed by atoms with Gasteiger partial charge in [0.1, 0.15) is 13.2 Å². The van der Waals surface area contributed by atoms with Gasteiger partial charge in [0.15, 0.2) is 6.10 Å². The molecule has 0 aromatic carbocycles. The molecule has 0 aromatic rings. The molecule has 1 atom stereocenters. The van der Waals surface area contributed by atoms with Crippen LogP contribution in [0.5, 0.6) is 0 Å². The Bertz CT molecular complexity index is 1170. The minimum Gasteiger partial charge on any atom is -0.462 e. The standard InChI is InChI=1S/C69H132O6/c1-4-7-10-13-16-18-20-22-24-26-28-30-32-33-34-35-36-38-39-41-43-45-47-49-51-53-56-59-62-68(71)74-65-66(64-73-67(70)61-58-55-15-12-9-6-3)75-69(72)63-60-57-54-52-50-48-46-44-42-40-37-31-29-27-25-23-21-19-17-14-11-8-5-2/h27,29,66H,4-26,28,30-65H2,1-3H3/b29-27-. The molecule has 0 bridgehead atoms. The minimum absolute atomic E-state index is 0.0646. The summed E-state index contributed by atoms with van der Waals surface area (Å²) < 4.78 is 16.8. The number of hydrogen-bond donors (Lipinski definition) is 0. The molecule has 0 fully saturated rings. The van der Waals surface area contributed by atoms with Gasteiger partial charge in [0, 0.05) is 19.3 Å². The molecule has 0 radical (unpaired) electrons. The first kappa shape index (κ1) is 73.2. The quantitative estimate of drug-likeness (QED) is 0.0261. The molecule has 0 aliphatic rings. The zero-order valence-corrected chi connectivity index (χ0v) is 51.1. The van der Waals surface area contributed by atoms with Crippen molar-refractivity contribution in [1.29, 1.82) is 0 Å². The summed E-state index contributed by atoms with van der Waals surface area (Å²) in [5, 5.41) is 0. The van der Waals surface area contributed by atoms with E-state index < -0.39 is 6.10 Å². The van der Waals surface area contributed by atoms with E-state index in [0.717, 1.165) is 57.8 Å². The Labute approximate surface area is 469 Å². The van der Waals surface area contributed by atoms with Crippen LogP contribution in [0.4, 0.5) is 0 Å². The average molecular weight is 1060 g/mol. The van der Waals surface area contributed by atoms with Crippen molar-refractivity contribution < 1.29 is 28.6 Å². The monoisotopic (exact) mass is 1060 g/mol. The van der Waals surface area contributed by atoms with E-state index in [9.17, 15) is 14.4 Å². The molecule has 0 amide bonds. The predicted octanol–water partition coefficient (Wildman–Crippen LogP) is 23.2. The second-order valence-corrected chi connectivity index (χ2v) is 23.5. The zero-order chi connectivity index (χ0) is 54.3. The molecule has 6 nitrogen and oxygen atoms in total. The Hall–Kier alpha value is -1.85. The molecule has 0 saturated carbocycles. The molecule has 0 heterocycles. The third-order valence-corrected chi connectivity index (χ3v) is 15.8. The summed E-state index contributed by atoms with van der Waals surface area (Å²) in [5.74, 6) is -0.847. The minimum atomic E-state index is -0.764. The predicted molar refractivity (Wildman–Crippen MR) is 326 cm³/mol. The largest absolute Gasteiger partial charge is 0.462 e. The van der Waals surface area contributed by atoms with Crippen LogP contribution in [0, 0.1) is 0 Å². The molecular formula is C69H132O6. The van der Waals surface area contributed by atoms with Crippen LogP contribution in [0.1, 0.15) is 393 Å². The molecule has 0 saturated heterocycles. The number of rotatable bonds is 64. The Morgan fingerprint density at radius 3 is 0.667 bits per heavy atom. The van der Waals surface area contributed by atoms with Crippen molar-refractivity contribution in [1.82, 2.24) is 0 Å². The van der Waals surface area contributed by atoms with Crippen molar-refractivity contribution >= 4 is 17.9 Å². The fourth-order valence-corrected chi connectivity index (χ4v) is 10.6. The number of ether oxygens (including phenoxy) is 3. The van der Waals surface area contributed by atoms with Crippen molar-refractivity contribution in [2.24, 2.45) is 0 Å². The number of unbranched alkanes of at least 4 members (excludes halogenated alkanes) is 51. The summed E-state index contributed by atoms with van der Waals surface area (Å²) in [7, 11) is 0. The van der Waals surface area contributed by atoms with Gasteiger partial charge in [0.05, 0.1) is 0 Å². The second-order valence-electron chi connectivity index (χ2n) is 23.5. The van der Waals surface area contributed by atoms with Crippen molar-refractivity contribution in [3.8, 4) is 0 Å². The number of hydrogen-bond acceptors (Lipinski definition) is 6. The van der Waals surface area contributed by atoms with Crippen LogP contribution < -0.4 is 0 Å². The number of esters is 3. The lowest BCUT2D eigenvalue weighted by molar-refractivity contribution is -0.167. The number of carbonyl (C=O) groups is 3. The summed E-state index contributed by atoms with van der Waals surface area (Å²) in [5.41, 5.74) is 0. The van der Waals surface area contributed by atoms with Gasteiger partial charge in [-0.25, -0.2) is 0 Å². The van der Waals surface area contributed by atoms with Gasteiger partial charge in [-0.15, -0.1) is 0 Å². The maximum absolute atomic E-state index is 12.9. The van der Waals surface area contributed by atoms with E-state index in [1.807, 2.05) is 0 Å². The lowest BCUT2D eigenvalue weighted by Crippen LogP contribution is -2.30.